The van der Waals surface area contributed by atoms with E-state index in [0.717, 1.165) is 17.9 Å². The van der Waals surface area contributed by atoms with Gasteiger partial charge < -0.3 is 0 Å². The molecule has 3 aromatic rings. The van der Waals surface area contributed by atoms with Crippen LogP contribution in [0.5, 0.6) is 0 Å². The van der Waals surface area contributed by atoms with Gasteiger partial charge >= 0.3 is 0 Å². The summed E-state index contributed by atoms with van der Waals surface area (Å²) in [6.07, 6.45) is 2.22. The van der Waals surface area contributed by atoms with Crippen LogP contribution in [0, 0.1) is 0 Å². The monoisotopic (exact) mass is 292 g/mol. The van der Waals surface area contributed by atoms with Crippen molar-refractivity contribution in [1.29, 1.82) is 0 Å². The lowest BCUT2D eigenvalue weighted by Gasteiger charge is -2.07. The first-order chi connectivity index (χ1) is 9.20. The summed E-state index contributed by atoms with van der Waals surface area (Å²) < 4.78 is 1.97. The van der Waals surface area contributed by atoms with E-state index < -0.39 is 0 Å². The van der Waals surface area contributed by atoms with Gasteiger partial charge in [-0.2, -0.15) is 0 Å². The summed E-state index contributed by atoms with van der Waals surface area (Å²) in [5.74, 6) is 0.889. The van der Waals surface area contributed by atoms with Gasteiger partial charge in [-0.1, -0.05) is 30.1 Å². The van der Waals surface area contributed by atoms with Crippen molar-refractivity contribution in [1.82, 2.24) is 19.5 Å². The molecule has 2 aromatic heterocycles. The molecule has 0 saturated heterocycles. The molecule has 0 unspecified atom stereocenters. The molecule has 0 fully saturated rings. The smallest absolute Gasteiger partial charge is 0.169 e. The van der Waals surface area contributed by atoms with E-state index in [-0.39, 0.29) is 0 Å². The number of benzene rings is 1. The minimum Gasteiger partial charge on any atom is -0.281 e. The summed E-state index contributed by atoms with van der Waals surface area (Å²) in [6, 6.07) is 7.53. The predicted molar refractivity (Wildman–Crippen MR) is 76.1 cm³/mol. The Morgan fingerprint density at radius 3 is 2.53 bits per heavy atom. The highest BCUT2D eigenvalue weighted by molar-refractivity contribution is 6.33. The van der Waals surface area contributed by atoms with Crippen LogP contribution < -0.4 is 0 Å². The minimum atomic E-state index is 0.368. The summed E-state index contributed by atoms with van der Waals surface area (Å²) in [4.78, 5) is 12.7. The molecule has 0 N–H and O–H groups in total. The van der Waals surface area contributed by atoms with Crippen molar-refractivity contribution in [3.05, 3.63) is 46.6 Å². The molecule has 19 heavy (non-hydrogen) atoms. The molecule has 3 rings (SSSR count). The lowest BCUT2D eigenvalue weighted by Crippen LogP contribution is -2.00. The van der Waals surface area contributed by atoms with Gasteiger partial charge in [0, 0.05) is 17.1 Å². The number of nitrogens with zero attached hydrogens (tertiary/aromatic N) is 4. The molecule has 6 heteroatoms. The van der Waals surface area contributed by atoms with E-state index >= 15 is 0 Å². The Kier molecular flexibility index (Phi) is 3.12. The third-order valence-corrected chi connectivity index (χ3v) is 3.40. The third kappa shape index (κ3) is 2.07. The summed E-state index contributed by atoms with van der Waals surface area (Å²) in [7, 11) is 0. The van der Waals surface area contributed by atoms with Crippen molar-refractivity contribution in [3.8, 4) is 5.69 Å². The Bertz CT molecular complexity index is 734. The molecule has 0 radical (unpaired) electrons. The zero-order valence-corrected chi connectivity index (χ0v) is 11.7. The van der Waals surface area contributed by atoms with Gasteiger partial charge in [-0.15, -0.1) is 0 Å². The van der Waals surface area contributed by atoms with Crippen molar-refractivity contribution in [2.45, 2.75) is 13.3 Å². The van der Waals surface area contributed by atoms with E-state index in [1.54, 1.807) is 0 Å². The highest BCUT2D eigenvalue weighted by Crippen LogP contribution is 2.24. The van der Waals surface area contributed by atoms with Crippen molar-refractivity contribution < 1.29 is 0 Å². The second-order valence-electron chi connectivity index (χ2n) is 4.03. The molecular formula is C13H10Cl2N4. The van der Waals surface area contributed by atoms with Crippen molar-refractivity contribution >= 4 is 34.4 Å². The van der Waals surface area contributed by atoms with Crippen LogP contribution in [-0.2, 0) is 6.42 Å². The fourth-order valence-electron chi connectivity index (χ4n) is 2.01. The average Bonchev–Trinajstić information content (AvgIpc) is 2.80. The highest BCUT2D eigenvalue weighted by atomic mass is 35.5. The molecular weight excluding hydrogens is 283 g/mol. The Hall–Kier alpha value is -1.65. The number of aryl methyl sites for hydroxylation is 1. The maximum absolute atomic E-state index is 6.06. The lowest BCUT2D eigenvalue weighted by molar-refractivity contribution is 0.901. The fraction of sp³-hybridized carbons (Fsp3) is 0.154. The van der Waals surface area contributed by atoms with Crippen LogP contribution in [0.2, 0.25) is 10.2 Å². The molecule has 96 valence electrons. The molecule has 0 amide bonds. The van der Waals surface area contributed by atoms with E-state index in [1.807, 2.05) is 35.8 Å². The molecule has 4 nitrogen and oxygen atoms in total. The van der Waals surface area contributed by atoms with Gasteiger partial charge in [0.15, 0.2) is 10.8 Å². The number of rotatable bonds is 2. The van der Waals surface area contributed by atoms with Crippen LogP contribution in [0.4, 0.5) is 0 Å². The summed E-state index contributed by atoms with van der Waals surface area (Å²) in [5.41, 5.74) is 2.29. The first kappa shape index (κ1) is 12.4. The number of halogens is 2. The number of aromatic nitrogens is 4. The van der Waals surface area contributed by atoms with Crippen LogP contribution in [0.25, 0.3) is 16.9 Å². The van der Waals surface area contributed by atoms with Gasteiger partial charge in [0.25, 0.3) is 0 Å². The third-order valence-electron chi connectivity index (χ3n) is 2.87. The molecule has 0 aliphatic heterocycles. The first-order valence-corrected chi connectivity index (χ1v) is 6.60. The zero-order chi connectivity index (χ0) is 13.4. The molecule has 1 aromatic carbocycles. The SMILES string of the molecule is CCc1nc2c(Cl)ncnc2n1-c1ccc(Cl)cc1. The van der Waals surface area contributed by atoms with Gasteiger partial charge in [-0.05, 0) is 24.3 Å². The van der Waals surface area contributed by atoms with Crippen molar-refractivity contribution in [2.75, 3.05) is 0 Å². The number of imidazole rings is 1. The Balaban J connectivity index is 2.32. The fourth-order valence-corrected chi connectivity index (χ4v) is 2.30. The summed E-state index contributed by atoms with van der Waals surface area (Å²) >= 11 is 12.0. The minimum absolute atomic E-state index is 0.368. The van der Waals surface area contributed by atoms with Crippen LogP contribution in [0.1, 0.15) is 12.7 Å². The topological polar surface area (TPSA) is 43.6 Å². The van der Waals surface area contributed by atoms with Crippen LogP contribution in [0.15, 0.2) is 30.6 Å². The Morgan fingerprint density at radius 1 is 1.11 bits per heavy atom. The molecule has 2 heterocycles. The second-order valence-corrected chi connectivity index (χ2v) is 4.82. The van der Waals surface area contributed by atoms with Crippen molar-refractivity contribution in [2.24, 2.45) is 0 Å². The van der Waals surface area contributed by atoms with Crippen LogP contribution in [0.3, 0.4) is 0 Å². The summed E-state index contributed by atoms with van der Waals surface area (Å²) in [6.45, 7) is 2.04. The van der Waals surface area contributed by atoms with Crippen LogP contribution in [-0.4, -0.2) is 19.5 Å². The molecule has 0 atom stereocenters. The zero-order valence-electron chi connectivity index (χ0n) is 10.1. The van der Waals surface area contributed by atoms with E-state index in [4.69, 9.17) is 23.2 Å². The van der Waals surface area contributed by atoms with Gasteiger partial charge in [0.05, 0.1) is 0 Å². The molecule has 0 spiro atoms. The summed E-state index contributed by atoms with van der Waals surface area (Å²) in [5, 5.41) is 1.06. The Morgan fingerprint density at radius 2 is 1.84 bits per heavy atom. The average molecular weight is 293 g/mol. The number of hydrogen-bond donors (Lipinski definition) is 0. The van der Waals surface area contributed by atoms with E-state index in [0.29, 0.717) is 21.3 Å². The van der Waals surface area contributed by atoms with Gasteiger partial charge in [-0.25, -0.2) is 15.0 Å². The Labute approximate surface area is 120 Å². The van der Waals surface area contributed by atoms with Crippen molar-refractivity contribution in [3.63, 3.8) is 0 Å². The molecule has 0 bridgehead atoms. The van der Waals surface area contributed by atoms with Gasteiger partial charge in [-0.3, -0.25) is 4.57 Å². The lowest BCUT2D eigenvalue weighted by atomic mass is 10.3. The second kappa shape index (κ2) is 4.79. The maximum atomic E-state index is 6.06. The number of fused-ring (bicyclic) bond motifs is 1. The van der Waals surface area contributed by atoms with E-state index in [2.05, 4.69) is 15.0 Å². The predicted octanol–water partition coefficient (Wildman–Crippen LogP) is 3.68. The molecule has 0 aliphatic rings. The van der Waals surface area contributed by atoms with Gasteiger partial charge in [0.2, 0.25) is 0 Å². The largest absolute Gasteiger partial charge is 0.281 e. The van der Waals surface area contributed by atoms with E-state index in [9.17, 15) is 0 Å². The first-order valence-electron chi connectivity index (χ1n) is 5.84. The highest BCUT2D eigenvalue weighted by Gasteiger charge is 2.14. The standard InChI is InChI=1S/C13H10Cl2N4/c1-2-10-18-11-12(15)16-7-17-13(11)19(10)9-5-3-8(14)4-6-9/h3-7H,2H2,1H3. The number of hydrogen-bond acceptors (Lipinski definition) is 3. The van der Waals surface area contributed by atoms with Crippen LogP contribution >= 0.6 is 23.2 Å². The van der Waals surface area contributed by atoms with Gasteiger partial charge in [0.1, 0.15) is 17.7 Å². The normalized spacial score (nSPS) is 11.1. The quantitative estimate of drug-likeness (QED) is 0.677. The van der Waals surface area contributed by atoms with E-state index in [1.165, 1.54) is 6.33 Å². The maximum Gasteiger partial charge on any atom is 0.169 e. The molecule has 0 saturated carbocycles. The molecule has 0 aliphatic carbocycles.